The smallest absolute Gasteiger partial charge is 0.191 e. The van der Waals surface area contributed by atoms with Crippen LogP contribution in [-0.4, -0.2) is 15.9 Å². The number of unbranched alkanes of at least 4 members (excludes halogenated alkanes) is 1. The number of rotatable bonds is 5. The number of carbonyl (C=O) groups is 1. The fourth-order valence-electron chi connectivity index (χ4n) is 0.952. The molecule has 0 saturated heterocycles. The summed E-state index contributed by atoms with van der Waals surface area (Å²) in [6.07, 6.45) is 2.49. The zero-order chi connectivity index (χ0) is 9.68. The van der Waals surface area contributed by atoms with E-state index in [0.29, 0.717) is 17.1 Å². The maximum Gasteiger partial charge on any atom is 0.191 e. The highest BCUT2D eigenvalue weighted by molar-refractivity contribution is 7.11. The molecule has 0 unspecified atom stereocenters. The van der Waals surface area contributed by atoms with Gasteiger partial charge in [0.15, 0.2) is 10.8 Å². The molecule has 0 aliphatic carbocycles. The summed E-state index contributed by atoms with van der Waals surface area (Å²) in [5.41, 5.74) is 0.588. The van der Waals surface area contributed by atoms with E-state index in [1.165, 1.54) is 11.3 Å². The largest absolute Gasteiger partial charge is 0.390 e. The van der Waals surface area contributed by atoms with Gasteiger partial charge in [-0.2, -0.15) is 0 Å². The summed E-state index contributed by atoms with van der Waals surface area (Å²) >= 11 is 1.31. The highest BCUT2D eigenvalue weighted by Gasteiger charge is 2.09. The van der Waals surface area contributed by atoms with Crippen LogP contribution in [0.1, 0.15) is 41.7 Å². The lowest BCUT2D eigenvalue weighted by molar-refractivity contribution is 0.0979. The van der Waals surface area contributed by atoms with Crippen LogP contribution in [0.2, 0.25) is 0 Å². The molecule has 13 heavy (non-hydrogen) atoms. The van der Waals surface area contributed by atoms with Crippen LogP contribution in [0, 0.1) is 0 Å². The summed E-state index contributed by atoms with van der Waals surface area (Å²) in [4.78, 5) is 15.4. The molecule has 0 radical (unpaired) electrons. The van der Waals surface area contributed by atoms with E-state index in [-0.39, 0.29) is 12.4 Å². The number of aliphatic hydroxyl groups excluding tert-OH is 1. The summed E-state index contributed by atoms with van der Waals surface area (Å²) in [7, 11) is 0. The van der Waals surface area contributed by atoms with Crippen LogP contribution in [-0.2, 0) is 6.61 Å². The molecule has 1 aromatic rings. The van der Waals surface area contributed by atoms with Crippen LogP contribution < -0.4 is 0 Å². The first kappa shape index (κ1) is 10.3. The van der Waals surface area contributed by atoms with Gasteiger partial charge in [0.25, 0.3) is 0 Å². The molecule has 72 valence electrons. The van der Waals surface area contributed by atoms with Crippen molar-refractivity contribution in [1.29, 1.82) is 0 Å². The Kier molecular flexibility index (Phi) is 4.05. The van der Waals surface area contributed by atoms with E-state index < -0.39 is 0 Å². The molecule has 1 rings (SSSR count). The number of thiazole rings is 1. The van der Waals surface area contributed by atoms with E-state index in [4.69, 9.17) is 5.11 Å². The van der Waals surface area contributed by atoms with E-state index in [0.717, 1.165) is 12.8 Å². The predicted molar refractivity (Wildman–Crippen MR) is 51.9 cm³/mol. The number of nitrogens with zero attached hydrogens (tertiary/aromatic N) is 1. The Bertz CT molecular complexity index is 283. The molecule has 0 aliphatic rings. The summed E-state index contributed by atoms with van der Waals surface area (Å²) in [5.74, 6) is 0.0894. The maximum absolute atomic E-state index is 11.4. The van der Waals surface area contributed by atoms with Gasteiger partial charge in [0.2, 0.25) is 0 Å². The summed E-state index contributed by atoms with van der Waals surface area (Å²) in [6.45, 7) is 1.96. The van der Waals surface area contributed by atoms with Crippen LogP contribution in [0.3, 0.4) is 0 Å². The Morgan fingerprint density at radius 1 is 1.69 bits per heavy atom. The molecule has 0 bridgehead atoms. The fourth-order valence-corrected chi connectivity index (χ4v) is 1.73. The first-order valence-corrected chi connectivity index (χ1v) is 5.24. The molecule has 0 fully saturated rings. The Labute approximate surface area is 81.4 Å². The first-order valence-electron chi connectivity index (χ1n) is 4.36. The van der Waals surface area contributed by atoms with Gasteiger partial charge >= 0.3 is 0 Å². The summed E-state index contributed by atoms with van der Waals surface area (Å²) in [6, 6.07) is 0. The van der Waals surface area contributed by atoms with Crippen molar-refractivity contribution >= 4 is 17.1 Å². The van der Waals surface area contributed by atoms with Gasteiger partial charge in [-0.05, 0) is 6.42 Å². The number of hydrogen-bond acceptors (Lipinski definition) is 4. The van der Waals surface area contributed by atoms with Crippen molar-refractivity contribution in [3.05, 3.63) is 16.1 Å². The normalized spacial score (nSPS) is 10.3. The highest BCUT2D eigenvalue weighted by Crippen LogP contribution is 2.13. The van der Waals surface area contributed by atoms with Crippen LogP contribution in [0.4, 0.5) is 0 Å². The monoisotopic (exact) mass is 199 g/mol. The van der Waals surface area contributed by atoms with Gasteiger partial charge in [0.05, 0.1) is 12.3 Å². The number of aromatic nitrogens is 1. The number of hydrogen-bond donors (Lipinski definition) is 1. The lowest BCUT2D eigenvalue weighted by atomic mass is 10.2. The molecule has 0 aromatic carbocycles. The first-order chi connectivity index (χ1) is 6.27. The van der Waals surface area contributed by atoms with E-state index in [1.807, 2.05) is 6.92 Å². The summed E-state index contributed by atoms with van der Waals surface area (Å²) in [5, 5.41) is 11.0. The maximum atomic E-state index is 11.4. The van der Waals surface area contributed by atoms with Crippen LogP contribution in [0.5, 0.6) is 0 Å². The van der Waals surface area contributed by atoms with Crippen molar-refractivity contribution in [2.45, 2.75) is 32.8 Å². The van der Waals surface area contributed by atoms with Crippen LogP contribution >= 0.6 is 11.3 Å². The van der Waals surface area contributed by atoms with Crippen LogP contribution in [0.15, 0.2) is 5.38 Å². The molecule has 1 aromatic heterocycles. The average Bonchev–Trinajstić information content (AvgIpc) is 2.62. The van der Waals surface area contributed by atoms with Gasteiger partial charge in [-0.25, -0.2) is 4.98 Å². The van der Waals surface area contributed by atoms with Gasteiger partial charge < -0.3 is 5.11 Å². The lowest BCUT2D eigenvalue weighted by Crippen LogP contribution is -1.98. The SMILES string of the molecule is CCCCC(=O)c1nc(CO)cs1. The number of ketones is 1. The molecule has 0 saturated carbocycles. The Hall–Kier alpha value is -0.740. The van der Waals surface area contributed by atoms with Crippen molar-refractivity contribution in [2.24, 2.45) is 0 Å². The highest BCUT2D eigenvalue weighted by atomic mass is 32.1. The number of carbonyl (C=O) groups excluding carboxylic acids is 1. The second kappa shape index (κ2) is 5.09. The Balaban J connectivity index is 2.55. The molecule has 0 aliphatic heterocycles. The lowest BCUT2D eigenvalue weighted by Gasteiger charge is -1.93. The third kappa shape index (κ3) is 2.90. The zero-order valence-electron chi connectivity index (χ0n) is 7.62. The number of aliphatic hydroxyl groups is 1. The third-order valence-corrected chi connectivity index (χ3v) is 2.64. The molecule has 3 nitrogen and oxygen atoms in total. The minimum atomic E-state index is -0.0858. The molecule has 1 heterocycles. The second-order valence-corrected chi connectivity index (χ2v) is 3.69. The van der Waals surface area contributed by atoms with Crippen molar-refractivity contribution in [2.75, 3.05) is 0 Å². The zero-order valence-corrected chi connectivity index (χ0v) is 8.43. The van der Waals surface area contributed by atoms with Crippen molar-refractivity contribution in [1.82, 2.24) is 4.98 Å². The van der Waals surface area contributed by atoms with E-state index in [9.17, 15) is 4.79 Å². The topological polar surface area (TPSA) is 50.2 Å². The van der Waals surface area contributed by atoms with Crippen molar-refractivity contribution in [3.63, 3.8) is 0 Å². The van der Waals surface area contributed by atoms with Gasteiger partial charge in [0, 0.05) is 11.8 Å². The summed E-state index contributed by atoms with van der Waals surface area (Å²) < 4.78 is 0. The van der Waals surface area contributed by atoms with E-state index in [1.54, 1.807) is 5.38 Å². The van der Waals surface area contributed by atoms with Crippen molar-refractivity contribution in [3.8, 4) is 0 Å². The quantitative estimate of drug-likeness (QED) is 0.738. The molecule has 1 N–H and O–H groups in total. The fraction of sp³-hybridized carbons (Fsp3) is 0.556. The third-order valence-electron chi connectivity index (χ3n) is 1.71. The molecule has 4 heteroatoms. The molecular weight excluding hydrogens is 186 g/mol. The minimum absolute atomic E-state index is 0.0858. The minimum Gasteiger partial charge on any atom is -0.390 e. The Morgan fingerprint density at radius 2 is 2.46 bits per heavy atom. The Morgan fingerprint density at radius 3 is 3.00 bits per heavy atom. The van der Waals surface area contributed by atoms with Gasteiger partial charge in [-0.1, -0.05) is 13.3 Å². The molecule has 0 amide bonds. The van der Waals surface area contributed by atoms with Crippen LogP contribution in [0.25, 0.3) is 0 Å². The van der Waals surface area contributed by atoms with E-state index in [2.05, 4.69) is 4.98 Å². The molecule has 0 spiro atoms. The predicted octanol–water partition coefficient (Wildman–Crippen LogP) is 2.01. The second-order valence-electron chi connectivity index (χ2n) is 2.83. The van der Waals surface area contributed by atoms with Gasteiger partial charge in [-0.15, -0.1) is 11.3 Å². The van der Waals surface area contributed by atoms with Crippen molar-refractivity contribution < 1.29 is 9.90 Å². The standard InChI is InChI=1S/C9H13NO2S/c1-2-3-4-8(12)9-10-7(5-11)6-13-9/h6,11H,2-5H2,1H3. The molecule has 0 atom stereocenters. The average molecular weight is 199 g/mol. The van der Waals surface area contributed by atoms with E-state index >= 15 is 0 Å². The van der Waals surface area contributed by atoms with Gasteiger partial charge in [0.1, 0.15) is 0 Å². The van der Waals surface area contributed by atoms with Gasteiger partial charge in [-0.3, -0.25) is 4.79 Å². The number of Topliss-reactive ketones (excluding diaryl/α,β-unsaturated/α-hetero) is 1. The molecular formula is C9H13NO2S.